The minimum absolute atomic E-state index is 0.288. The Hall–Kier alpha value is -3.26. The molecule has 3 aromatic heterocycles. The van der Waals surface area contributed by atoms with Crippen molar-refractivity contribution in [3.05, 3.63) is 54.8 Å². The van der Waals surface area contributed by atoms with Crippen molar-refractivity contribution in [1.29, 1.82) is 0 Å². The summed E-state index contributed by atoms with van der Waals surface area (Å²) in [7, 11) is 0. The van der Waals surface area contributed by atoms with Crippen molar-refractivity contribution >= 4 is 11.8 Å². The maximum absolute atomic E-state index is 13.4. The summed E-state index contributed by atoms with van der Waals surface area (Å²) in [5.41, 5.74) is 2.98. The summed E-state index contributed by atoms with van der Waals surface area (Å²) >= 11 is 0. The van der Waals surface area contributed by atoms with Gasteiger partial charge in [-0.25, -0.2) is 14.4 Å². The van der Waals surface area contributed by atoms with E-state index in [0.717, 1.165) is 36.6 Å². The molecule has 0 bridgehead atoms. The number of hydrogen-bond acceptors (Lipinski definition) is 6. The number of imidazole rings is 1. The molecule has 148 valence electrons. The van der Waals surface area contributed by atoms with Crippen LogP contribution >= 0.6 is 0 Å². The second-order valence-electron chi connectivity index (χ2n) is 7.23. The van der Waals surface area contributed by atoms with Crippen molar-refractivity contribution < 1.29 is 8.81 Å². The monoisotopic (exact) mass is 392 g/mol. The van der Waals surface area contributed by atoms with Crippen LogP contribution in [0, 0.1) is 11.7 Å². The van der Waals surface area contributed by atoms with E-state index in [1.807, 2.05) is 10.5 Å². The Labute approximate surface area is 167 Å². The van der Waals surface area contributed by atoms with Crippen molar-refractivity contribution in [2.45, 2.75) is 12.8 Å². The summed E-state index contributed by atoms with van der Waals surface area (Å²) in [6.07, 6.45) is 7.51. The second kappa shape index (κ2) is 7.63. The van der Waals surface area contributed by atoms with Gasteiger partial charge in [-0.15, -0.1) is 0 Å². The van der Waals surface area contributed by atoms with Gasteiger partial charge in [-0.05, 0) is 62.2 Å². The highest BCUT2D eigenvalue weighted by atomic mass is 19.1. The van der Waals surface area contributed by atoms with Crippen LogP contribution in [-0.2, 0) is 0 Å². The number of oxazole rings is 1. The first-order valence-electron chi connectivity index (χ1n) is 9.77. The summed E-state index contributed by atoms with van der Waals surface area (Å²) in [6, 6.07) is 8.10. The van der Waals surface area contributed by atoms with E-state index in [2.05, 4.69) is 20.6 Å². The minimum atomic E-state index is -0.288. The zero-order valence-corrected chi connectivity index (χ0v) is 15.8. The Kier molecular flexibility index (Phi) is 4.69. The van der Waals surface area contributed by atoms with Crippen LogP contribution in [-0.4, -0.2) is 39.0 Å². The van der Waals surface area contributed by atoms with Crippen LogP contribution in [0.1, 0.15) is 12.8 Å². The van der Waals surface area contributed by atoms with E-state index >= 15 is 0 Å². The van der Waals surface area contributed by atoms with Gasteiger partial charge in [0, 0.05) is 24.5 Å². The van der Waals surface area contributed by atoms with Gasteiger partial charge in [0.05, 0.1) is 5.69 Å². The average Bonchev–Trinajstić information content (AvgIpc) is 3.35. The summed E-state index contributed by atoms with van der Waals surface area (Å²) in [5, 5.41) is 6.78. The summed E-state index contributed by atoms with van der Waals surface area (Å²) in [5.74, 6) is 1.32. The highest BCUT2D eigenvalue weighted by Crippen LogP contribution is 2.32. The van der Waals surface area contributed by atoms with E-state index in [9.17, 15) is 4.39 Å². The van der Waals surface area contributed by atoms with Gasteiger partial charge in [0.25, 0.3) is 0 Å². The molecule has 4 heterocycles. The first-order valence-corrected chi connectivity index (χ1v) is 9.77. The van der Waals surface area contributed by atoms with Crippen LogP contribution in [0.3, 0.4) is 0 Å². The van der Waals surface area contributed by atoms with Gasteiger partial charge in [-0.2, -0.15) is 4.98 Å². The lowest BCUT2D eigenvalue weighted by molar-refractivity contribution is 0.392. The molecule has 0 aliphatic carbocycles. The van der Waals surface area contributed by atoms with Gasteiger partial charge in [0.2, 0.25) is 5.95 Å². The lowest BCUT2D eigenvalue weighted by atomic mass is 10.00. The highest BCUT2D eigenvalue weighted by Gasteiger charge is 2.20. The molecular formula is C21H21FN6O. The number of nitrogens with one attached hydrogen (secondary N) is 2. The number of piperidine rings is 1. The topological polar surface area (TPSA) is 80.3 Å². The van der Waals surface area contributed by atoms with E-state index in [4.69, 9.17) is 9.40 Å². The maximum Gasteiger partial charge on any atom is 0.306 e. The third-order valence-electron chi connectivity index (χ3n) is 5.23. The number of hydrogen-bond donors (Lipinski definition) is 2. The Morgan fingerprint density at radius 1 is 1.21 bits per heavy atom. The largest absolute Gasteiger partial charge is 0.432 e. The average molecular weight is 392 g/mol. The molecule has 4 aromatic rings. The van der Waals surface area contributed by atoms with E-state index < -0.39 is 0 Å². The third-order valence-corrected chi connectivity index (χ3v) is 5.23. The number of aromatic nitrogens is 4. The normalized spacial score (nSPS) is 16.9. The van der Waals surface area contributed by atoms with Gasteiger partial charge in [0.15, 0.2) is 0 Å². The van der Waals surface area contributed by atoms with Crippen LogP contribution in [0.15, 0.2) is 53.4 Å². The summed E-state index contributed by atoms with van der Waals surface area (Å²) in [4.78, 5) is 13.7. The Bertz CT molecular complexity index is 1110. The molecule has 0 spiro atoms. The lowest BCUT2D eigenvalue weighted by Crippen LogP contribution is -2.33. The number of anilines is 1. The van der Waals surface area contributed by atoms with Crippen molar-refractivity contribution in [2.75, 3.05) is 25.0 Å². The van der Waals surface area contributed by atoms with E-state index in [1.54, 1.807) is 30.8 Å². The predicted molar refractivity (Wildman–Crippen MR) is 108 cm³/mol. The van der Waals surface area contributed by atoms with Gasteiger partial charge in [-0.1, -0.05) is 0 Å². The molecule has 7 nitrogen and oxygen atoms in total. The van der Waals surface area contributed by atoms with Crippen LogP contribution < -0.4 is 10.6 Å². The Morgan fingerprint density at radius 2 is 2.10 bits per heavy atom. The second-order valence-corrected chi connectivity index (χ2v) is 7.23. The number of rotatable bonds is 5. The molecule has 1 aliphatic heterocycles. The smallest absolute Gasteiger partial charge is 0.306 e. The number of fused-ring (bicyclic) bond motifs is 1. The molecule has 1 saturated heterocycles. The summed E-state index contributed by atoms with van der Waals surface area (Å²) in [6.45, 7) is 2.94. The van der Waals surface area contributed by atoms with Gasteiger partial charge in [0.1, 0.15) is 23.5 Å². The van der Waals surface area contributed by atoms with Crippen molar-refractivity contribution in [1.82, 2.24) is 24.7 Å². The molecular weight excluding hydrogens is 371 g/mol. The van der Waals surface area contributed by atoms with Crippen LogP contribution in [0.25, 0.3) is 28.5 Å². The molecule has 0 saturated carbocycles. The van der Waals surface area contributed by atoms with E-state index in [0.29, 0.717) is 23.4 Å². The SMILES string of the molecule is Fc1ccc(-c2nc3occn3c2-c2ccnc(NCC3CCCNC3)n2)cc1. The Morgan fingerprint density at radius 3 is 2.93 bits per heavy atom. The highest BCUT2D eigenvalue weighted by molar-refractivity contribution is 5.79. The van der Waals surface area contributed by atoms with Crippen molar-refractivity contribution in [3.8, 4) is 22.6 Å². The molecule has 1 aromatic carbocycles. The molecule has 29 heavy (non-hydrogen) atoms. The molecule has 1 aliphatic rings. The quantitative estimate of drug-likeness (QED) is 0.540. The molecule has 0 radical (unpaired) electrons. The molecule has 1 unspecified atom stereocenters. The third kappa shape index (κ3) is 3.58. The molecule has 0 amide bonds. The van der Waals surface area contributed by atoms with Crippen molar-refractivity contribution in [2.24, 2.45) is 5.92 Å². The molecule has 1 atom stereocenters. The molecule has 1 fully saturated rings. The molecule has 5 rings (SSSR count). The predicted octanol–water partition coefficient (Wildman–Crippen LogP) is 3.60. The minimum Gasteiger partial charge on any atom is -0.432 e. The fourth-order valence-electron chi connectivity index (χ4n) is 3.75. The van der Waals surface area contributed by atoms with Crippen LogP contribution in [0.4, 0.5) is 10.3 Å². The fraction of sp³-hybridized carbons (Fsp3) is 0.286. The Balaban J connectivity index is 1.49. The van der Waals surface area contributed by atoms with Crippen molar-refractivity contribution in [3.63, 3.8) is 0 Å². The number of benzene rings is 1. The number of nitrogens with zero attached hydrogens (tertiary/aromatic N) is 4. The zero-order chi connectivity index (χ0) is 19.6. The van der Waals surface area contributed by atoms with Gasteiger partial charge in [-0.3, -0.25) is 4.40 Å². The van der Waals surface area contributed by atoms with Crippen LogP contribution in [0.5, 0.6) is 0 Å². The maximum atomic E-state index is 13.4. The summed E-state index contributed by atoms with van der Waals surface area (Å²) < 4.78 is 20.7. The molecule has 8 heteroatoms. The standard InChI is InChI=1S/C21H21FN6O/c22-16-5-3-15(4-6-16)18-19(28-10-11-29-21(28)27-18)17-7-9-24-20(26-17)25-13-14-2-1-8-23-12-14/h3-7,9-11,14,23H,1-2,8,12-13H2,(H,24,25,26). The molecule has 2 N–H and O–H groups in total. The number of halogens is 1. The first kappa shape index (κ1) is 17.8. The van der Waals surface area contributed by atoms with Gasteiger partial charge < -0.3 is 15.1 Å². The fourth-order valence-corrected chi connectivity index (χ4v) is 3.75. The van der Waals surface area contributed by atoms with Crippen LogP contribution in [0.2, 0.25) is 0 Å². The lowest BCUT2D eigenvalue weighted by Gasteiger charge is -2.22. The van der Waals surface area contributed by atoms with E-state index in [-0.39, 0.29) is 5.82 Å². The zero-order valence-electron chi connectivity index (χ0n) is 15.8. The van der Waals surface area contributed by atoms with Gasteiger partial charge >= 0.3 is 5.84 Å². The van der Waals surface area contributed by atoms with E-state index in [1.165, 1.54) is 25.0 Å². The first-order chi connectivity index (χ1) is 14.3.